The lowest BCUT2D eigenvalue weighted by Gasteiger charge is -2.32. The Balaban J connectivity index is 1.31. The number of fused-ring (bicyclic) bond motifs is 8. The lowest BCUT2D eigenvalue weighted by atomic mass is 9.99. The van der Waals surface area contributed by atoms with Crippen molar-refractivity contribution in [2.24, 2.45) is 4.99 Å². The van der Waals surface area contributed by atoms with E-state index in [2.05, 4.69) is 132 Å². The Morgan fingerprint density at radius 1 is 0.667 bits per heavy atom. The van der Waals surface area contributed by atoms with Gasteiger partial charge in [-0.2, -0.15) is 0 Å². The van der Waals surface area contributed by atoms with Gasteiger partial charge in [-0.3, -0.25) is 5.32 Å². The summed E-state index contributed by atoms with van der Waals surface area (Å²) in [4.78, 5) is 5.25. The molecule has 2 aromatic heterocycles. The zero-order chi connectivity index (χ0) is 27.6. The van der Waals surface area contributed by atoms with Crippen LogP contribution in [0.3, 0.4) is 0 Å². The second-order valence-electron chi connectivity index (χ2n) is 10.8. The molecule has 8 aromatic rings. The van der Waals surface area contributed by atoms with Crippen LogP contribution in [0.4, 0.5) is 0 Å². The first-order valence-corrected chi connectivity index (χ1v) is 15.0. The topological polar surface area (TPSA) is 49.6 Å². The predicted molar refractivity (Wildman–Crippen MR) is 175 cm³/mol. The fraction of sp³-hybridized carbons (Fsp3) is 0.0541. The highest BCUT2D eigenvalue weighted by Crippen LogP contribution is 2.45. The Labute approximate surface area is 245 Å². The third-order valence-corrected chi connectivity index (χ3v) is 9.57. The van der Waals surface area contributed by atoms with Crippen molar-refractivity contribution in [2.75, 3.05) is 0 Å². The Hall–Kier alpha value is -4.97. The monoisotopic (exact) mass is 559 g/mol. The number of hydrogen-bond donors (Lipinski definition) is 2. The van der Waals surface area contributed by atoms with Crippen molar-refractivity contribution < 1.29 is 4.42 Å². The maximum atomic E-state index is 6.55. The van der Waals surface area contributed by atoms with Crippen molar-refractivity contribution in [1.29, 1.82) is 0 Å². The third-order valence-electron chi connectivity index (χ3n) is 8.35. The smallest absolute Gasteiger partial charge is 0.144 e. The number of para-hydroxylation sites is 1. The van der Waals surface area contributed by atoms with E-state index >= 15 is 0 Å². The van der Waals surface area contributed by atoms with E-state index in [9.17, 15) is 0 Å². The maximum absolute atomic E-state index is 6.55. The van der Waals surface area contributed by atoms with E-state index in [1.807, 2.05) is 17.4 Å². The normalized spacial score (nSPS) is 17.3. The predicted octanol–water partition coefficient (Wildman–Crippen LogP) is 9.44. The molecule has 0 bridgehead atoms. The minimum Gasteiger partial charge on any atom is -0.455 e. The third kappa shape index (κ3) is 3.61. The highest BCUT2D eigenvalue weighted by Gasteiger charge is 2.29. The largest absolute Gasteiger partial charge is 0.455 e. The number of aliphatic imine (C=N–C) groups is 1. The Morgan fingerprint density at radius 2 is 1.40 bits per heavy atom. The van der Waals surface area contributed by atoms with Crippen molar-refractivity contribution in [3.8, 4) is 0 Å². The molecule has 2 N–H and O–H groups in total. The van der Waals surface area contributed by atoms with Crippen LogP contribution < -0.4 is 10.6 Å². The first-order valence-electron chi connectivity index (χ1n) is 14.2. The zero-order valence-corrected chi connectivity index (χ0v) is 23.4. The molecule has 1 aliphatic rings. The summed E-state index contributed by atoms with van der Waals surface area (Å²) in [6.45, 7) is 0. The van der Waals surface area contributed by atoms with E-state index in [1.165, 1.54) is 36.5 Å². The Kier molecular flexibility index (Phi) is 5.24. The first-order chi connectivity index (χ1) is 20.8. The van der Waals surface area contributed by atoms with Gasteiger partial charge in [0.15, 0.2) is 0 Å². The number of furan rings is 1. The second kappa shape index (κ2) is 9.28. The number of hydrogen-bond acceptors (Lipinski definition) is 5. The number of nitrogens with one attached hydrogen (secondary N) is 2. The number of amidine groups is 1. The fourth-order valence-corrected chi connectivity index (χ4v) is 7.64. The van der Waals surface area contributed by atoms with Crippen LogP contribution in [0.1, 0.15) is 29.0 Å². The molecule has 0 amide bonds. The van der Waals surface area contributed by atoms with Crippen LogP contribution in [0.5, 0.6) is 0 Å². The van der Waals surface area contributed by atoms with Gasteiger partial charge in [0, 0.05) is 42.1 Å². The van der Waals surface area contributed by atoms with E-state index in [-0.39, 0.29) is 12.3 Å². The molecule has 0 fully saturated rings. The molecule has 2 unspecified atom stereocenters. The average molecular weight is 560 g/mol. The Morgan fingerprint density at radius 3 is 2.31 bits per heavy atom. The highest BCUT2D eigenvalue weighted by atomic mass is 32.1. The summed E-state index contributed by atoms with van der Waals surface area (Å²) < 4.78 is 9.02. The summed E-state index contributed by atoms with van der Waals surface area (Å²) >= 11 is 1.82. The van der Waals surface area contributed by atoms with E-state index < -0.39 is 0 Å². The molecule has 0 spiro atoms. The molecule has 5 heteroatoms. The molecule has 2 atom stereocenters. The molecule has 200 valence electrons. The van der Waals surface area contributed by atoms with Crippen molar-refractivity contribution in [1.82, 2.24) is 10.6 Å². The average Bonchev–Trinajstić information content (AvgIpc) is 3.63. The van der Waals surface area contributed by atoms with E-state index in [0.717, 1.165) is 38.9 Å². The van der Waals surface area contributed by atoms with Crippen LogP contribution in [0, 0.1) is 0 Å². The number of thiophene rings is 1. The van der Waals surface area contributed by atoms with Gasteiger partial charge < -0.3 is 9.73 Å². The summed E-state index contributed by atoms with van der Waals surface area (Å²) in [7, 11) is 0. The first kappa shape index (κ1) is 23.7. The van der Waals surface area contributed by atoms with E-state index in [4.69, 9.17) is 9.41 Å². The molecule has 6 aromatic carbocycles. The second-order valence-corrected chi connectivity index (χ2v) is 11.9. The van der Waals surface area contributed by atoms with Gasteiger partial charge in [-0.25, -0.2) is 4.99 Å². The summed E-state index contributed by atoms with van der Waals surface area (Å²) in [5.41, 5.74) is 5.28. The lowest BCUT2D eigenvalue weighted by molar-refractivity contribution is 0.411. The van der Waals surface area contributed by atoms with Gasteiger partial charge in [0.05, 0.1) is 0 Å². The molecule has 1 aliphatic heterocycles. The molecule has 0 aliphatic carbocycles. The molecule has 4 nitrogen and oxygen atoms in total. The standard InChI is InChI=1S/C37H25N3OS/c1-2-12-23(13-3-1)35-38-36(26-18-10-14-22-11-4-5-15-24(22)26)40-37(39-35)29-21-28-25-16-6-8-19-30(25)41-33(28)32-27-17-7-9-20-31(27)42-34(29)32/h1-21,35,37,39H,(H,38,40). The molecule has 3 heterocycles. The fourth-order valence-electron chi connectivity index (χ4n) is 6.40. The van der Waals surface area contributed by atoms with Gasteiger partial charge in [0.2, 0.25) is 0 Å². The molecule has 0 radical (unpaired) electrons. The maximum Gasteiger partial charge on any atom is 0.144 e. The van der Waals surface area contributed by atoms with Gasteiger partial charge in [-0.15, -0.1) is 11.3 Å². The van der Waals surface area contributed by atoms with Gasteiger partial charge in [0.1, 0.15) is 29.3 Å². The molecule has 0 saturated carbocycles. The molecular formula is C37H25N3OS. The quantitative estimate of drug-likeness (QED) is 0.227. The molecule has 42 heavy (non-hydrogen) atoms. The number of benzene rings is 6. The van der Waals surface area contributed by atoms with Crippen LogP contribution in [0.2, 0.25) is 0 Å². The van der Waals surface area contributed by atoms with Gasteiger partial charge in [-0.1, -0.05) is 109 Å². The van der Waals surface area contributed by atoms with Gasteiger partial charge in [0.25, 0.3) is 0 Å². The Bertz CT molecular complexity index is 2330. The van der Waals surface area contributed by atoms with Gasteiger partial charge in [-0.05, 0) is 34.5 Å². The SMILES string of the molecule is c1ccc(C2N=C(c3cccc4ccccc34)NC(c3cc4c5ccccc5oc4c4c3sc3ccccc34)N2)cc1. The van der Waals surface area contributed by atoms with Crippen molar-refractivity contribution >= 4 is 70.1 Å². The molecule has 9 rings (SSSR count). The summed E-state index contributed by atoms with van der Waals surface area (Å²) in [6, 6.07) is 44.8. The van der Waals surface area contributed by atoms with Crippen LogP contribution >= 0.6 is 11.3 Å². The van der Waals surface area contributed by atoms with Gasteiger partial charge >= 0.3 is 0 Å². The number of nitrogens with zero attached hydrogens (tertiary/aromatic N) is 1. The lowest BCUT2D eigenvalue weighted by Crippen LogP contribution is -2.45. The highest BCUT2D eigenvalue weighted by molar-refractivity contribution is 7.26. The summed E-state index contributed by atoms with van der Waals surface area (Å²) in [5.74, 6) is 0.885. The van der Waals surface area contributed by atoms with Crippen LogP contribution in [0.25, 0.3) is 52.9 Å². The van der Waals surface area contributed by atoms with Crippen LogP contribution in [0.15, 0.2) is 137 Å². The van der Waals surface area contributed by atoms with E-state index in [0.29, 0.717) is 0 Å². The van der Waals surface area contributed by atoms with Crippen molar-refractivity contribution in [3.05, 3.63) is 144 Å². The minimum absolute atomic E-state index is 0.185. The summed E-state index contributed by atoms with van der Waals surface area (Å²) in [6.07, 6.45) is -0.400. The van der Waals surface area contributed by atoms with Crippen molar-refractivity contribution in [3.63, 3.8) is 0 Å². The number of rotatable bonds is 3. The zero-order valence-electron chi connectivity index (χ0n) is 22.5. The van der Waals surface area contributed by atoms with Crippen molar-refractivity contribution in [2.45, 2.75) is 12.3 Å². The van der Waals surface area contributed by atoms with Crippen LogP contribution in [-0.4, -0.2) is 5.84 Å². The summed E-state index contributed by atoms with van der Waals surface area (Å²) in [5, 5.41) is 14.7. The minimum atomic E-state index is -0.215. The molecule has 0 saturated heterocycles. The van der Waals surface area contributed by atoms with Crippen LogP contribution in [-0.2, 0) is 0 Å². The molecular weight excluding hydrogens is 534 g/mol. The van der Waals surface area contributed by atoms with E-state index in [1.54, 1.807) is 0 Å².